The SMILES string of the molecule is C1=Cc2cccc3c2C(CN1)CO3. The van der Waals surface area contributed by atoms with Crippen LogP contribution >= 0.6 is 0 Å². The first kappa shape index (κ1) is 7.01. The van der Waals surface area contributed by atoms with E-state index >= 15 is 0 Å². The molecule has 0 saturated heterocycles. The maximum absolute atomic E-state index is 5.60. The van der Waals surface area contributed by atoms with Gasteiger partial charge in [-0.05, 0) is 23.9 Å². The summed E-state index contributed by atoms with van der Waals surface area (Å²) in [5.74, 6) is 1.59. The average molecular weight is 173 g/mol. The van der Waals surface area contributed by atoms with Crippen LogP contribution in [0.15, 0.2) is 24.4 Å². The lowest BCUT2D eigenvalue weighted by molar-refractivity contribution is 0.329. The standard InChI is InChI=1S/C11H11NO/c1-2-8-4-5-12-6-9-7-13-10(3-1)11(8)9/h1-5,9,12H,6-7H2. The summed E-state index contributed by atoms with van der Waals surface area (Å²) < 4.78 is 5.60. The van der Waals surface area contributed by atoms with Gasteiger partial charge in [-0.3, -0.25) is 0 Å². The number of ether oxygens (including phenoxy) is 1. The molecule has 2 aliphatic heterocycles. The lowest BCUT2D eigenvalue weighted by atomic mass is 9.97. The van der Waals surface area contributed by atoms with E-state index in [0.29, 0.717) is 5.92 Å². The van der Waals surface area contributed by atoms with Gasteiger partial charge >= 0.3 is 0 Å². The molecule has 0 radical (unpaired) electrons. The first-order valence-electron chi connectivity index (χ1n) is 4.61. The van der Waals surface area contributed by atoms with Crippen LogP contribution in [0.3, 0.4) is 0 Å². The summed E-state index contributed by atoms with van der Waals surface area (Å²) in [7, 11) is 0. The fraction of sp³-hybridized carbons (Fsp3) is 0.273. The van der Waals surface area contributed by atoms with Gasteiger partial charge in [-0.2, -0.15) is 0 Å². The van der Waals surface area contributed by atoms with Crippen molar-refractivity contribution in [3.05, 3.63) is 35.5 Å². The van der Waals surface area contributed by atoms with E-state index in [9.17, 15) is 0 Å². The summed E-state index contributed by atoms with van der Waals surface area (Å²) in [4.78, 5) is 0. The molecule has 0 aromatic heterocycles. The van der Waals surface area contributed by atoms with Crippen molar-refractivity contribution in [1.82, 2.24) is 5.32 Å². The molecule has 0 aliphatic carbocycles. The minimum absolute atomic E-state index is 0.529. The van der Waals surface area contributed by atoms with Crippen LogP contribution in [0, 0.1) is 0 Å². The van der Waals surface area contributed by atoms with E-state index in [1.807, 2.05) is 12.3 Å². The normalized spacial score (nSPS) is 22.9. The Hall–Kier alpha value is -1.44. The minimum Gasteiger partial charge on any atom is -0.493 e. The zero-order valence-corrected chi connectivity index (χ0v) is 7.29. The average Bonchev–Trinajstić information content (AvgIpc) is 2.44. The third-order valence-corrected chi connectivity index (χ3v) is 2.69. The van der Waals surface area contributed by atoms with E-state index in [0.717, 1.165) is 18.9 Å². The molecule has 1 aromatic carbocycles. The van der Waals surface area contributed by atoms with Crippen molar-refractivity contribution >= 4 is 6.08 Å². The van der Waals surface area contributed by atoms with Crippen molar-refractivity contribution in [2.75, 3.05) is 13.2 Å². The van der Waals surface area contributed by atoms with Crippen molar-refractivity contribution in [1.29, 1.82) is 0 Å². The first-order chi connectivity index (χ1) is 6.45. The monoisotopic (exact) mass is 173 g/mol. The van der Waals surface area contributed by atoms with Crippen molar-refractivity contribution < 1.29 is 4.74 Å². The van der Waals surface area contributed by atoms with E-state index in [1.165, 1.54) is 11.1 Å². The van der Waals surface area contributed by atoms with Gasteiger partial charge in [0.1, 0.15) is 5.75 Å². The summed E-state index contributed by atoms with van der Waals surface area (Å²) in [6.45, 7) is 1.81. The Morgan fingerprint density at radius 2 is 2.38 bits per heavy atom. The van der Waals surface area contributed by atoms with Crippen LogP contribution in [0.1, 0.15) is 17.0 Å². The topological polar surface area (TPSA) is 21.3 Å². The third-order valence-electron chi connectivity index (χ3n) is 2.69. The summed E-state index contributed by atoms with van der Waals surface area (Å²) in [5, 5.41) is 3.27. The molecule has 2 heteroatoms. The Labute approximate surface area is 77.2 Å². The van der Waals surface area contributed by atoms with Crippen molar-refractivity contribution in [2.24, 2.45) is 0 Å². The van der Waals surface area contributed by atoms with Crippen LogP contribution in [0.2, 0.25) is 0 Å². The van der Waals surface area contributed by atoms with Crippen LogP contribution in [0.25, 0.3) is 6.08 Å². The molecule has 3 rings (SSSR count). The molecule has 0 amide bonds. The highest BCUT2D eigenvalue weighted by Crippen LogP contribution is 2.37. The molecule has 1 unspecified atom stereocenters. The van der Waals surface area contributed by atoms with Crippen LogP contribution in [0.4, 0.5) is 0 Å². The van der Waals surface area contributed by atoms with Gasteiger partial charge in [-0.1, -0.05) is 12.1 Å². The second-order valence-corrected chi connectivity index (χ2v) is 3.51. The van der Waals surface area contributed by atoms with Gasteiger partial charge in [-0.25, -0.2) is 0 Å². The summed E-state index contributed by atoms with van der Waals surface area (Å²) in [6, 6.07) is 6.24. The highest BCUT2D eigenvalue weighted by Gasteiger charge is 2.26. The number of benzene rings is 1. The summed E-state index contributed by atoms with van der Waals surface area (Å²) in [6.07, 6.45) is 4.14. The molecule has 2 aliphatic rings. The molecule has 2 heterocycles. The predicted molar refractivity (Wildman–Crippen MR) is 51.7 cm³/mol. The fourth-order valence-corrected chi connectivity index (χ4v) is 2.06. The highest BCUT2D eigenvalue weighted by atomic mass is 16.5. The molecule has 2 nitrogen and oxygen atoms in total. The molecule has 1 N–H and O–H groups in total. The molecule has 66 valence electrons. The zero-order chi connectivity index (χ0) is 8.67. The maximum atomic E-state index is 5.60. The lowest BCUT2D eigenvalue weighted by Crippen LogP contribution is -2.16. The van der Waals surface area contributed by atoms with E-state index in [2.05, 4.69) is 23.5 Å². The molecule has 0 fully saturated rings. The van der Waals surface area contributed by atoms with Crippen LogP contribution in [0.5, 0.6) is 5.75 Å². The Morgan fingerprint density at radius 1 is 1.38 bits per heavy atom. The smallest absolute Gasteiger partial charge is 0.123 e. The van der Waals surface area contributed by atoms with Crippen molar-refractivity contribution in [3.8, 4) is 5.75 Å². The van der Waals surface area contributed by atoms with Gasteiger partial charge in [0.15, 0.2) is 0 Å². The molecule has 1 atom stereocenters. The van der Waals surface area contributed by atoms with E-state index < -0.39 is 0 Å². The molecule has 0 spiro atoms. The van der Waals surface area contributed by atoms with Gasteiger partial charge in [0.05, 0.1) is 6.61 Å². The number of nitrogens with one attached hydrogen (secondary N) is 1. The van der Waals surface area contributed by atoms with E-state index in [-0.39, 0.29) is 0 Å². The molecular weight excluding hydrogens is 162 g/mol. The summed E-state index contributed by atoms with van der Waals surface area (Å²) in [5.41, 5.74) is 2.67. The number of rotatable bonds is 0. The fourth-order valence-electron chi connectivity index (χ4n) is 2.06. The molecule has 1 aromatic rings. The number of hydrogen-bond acceptors (Lipinski definition) is 2. The van der Waals surface area contributed by atoms with Crippen LogP contribution in [-0.2, 0) is 0 Å². The van der Waals surface area contributed by atoms with Gasteiger partial charge in [0, 0.05) is 18.0 Å². The van der Waals surface area contributed by atoms with Gasteiger partial charge in [0.2, 0.25) is 0 Å². The van der Waals surface area contributed by atoms with Crippen LogP contribution < -0.4 is 10.1 Å². The van der Waals surface area contributed by atoms with Crippen molar-refractivity contribution in [2.45, 2.75) is 5.92 Å². The van der Waals surface area contributed by atoms with Gasteiger partial charge < -0.3 is 10.1 Å². The minimum atomic E-state index is 0.529. The molecule has 13 heavy (non-hydrogen) atoms. The zero-order valence-electron chi connectivity index (χ0n) is 7.29. The lowest BCUT2D eigenvalue weighted by Gasteiger charge is -2.06. The number of hydrogen-bond donors (Lipinski definition) is 1. The Balaban J connectivity index is 2.24. The predicted octanol–water partition coefficient (Wildman–Crippen LogP) is 1.74. The molecule has 0 saturated carbocycles. The Morgan fingerprint density at radius 3 is 3.38 bits per heavy atom. The first-order valence-corrected chi connectivity index (χ1v) is 4.61. The largest absolute Gasteiger partial charge is 0.493 e. The highest BCUT2D eigenvalue weighted by molar-refractivity contribution is 5.61. The Kier molecular flexibility index (Phi) is 1.36. The van der Waals surface area contributed by atoms with Gasteiger partial charge in [-0.15, -0.1) is 0 Å². The van der Waals surface area contributed by atoms with E-state index in [1.54, 1.807) is 0 Å². The summed E-state index contributed by atoms with van der Waals surface area (Å²) >= 11 is 0. The molecule has 0 bridgehead atoms. The third kappa shape index (κ3) is 0.949. The maximum Gasteiger partial charge on any atom is 0.123 e. The van der Waals surface area contributed by atoms with Crippen molar-refractivity contribution in [3.63, 3.8) is 0 Å². The van der Waals surface area contributed by atoms with E-state index in [4.69, 9.17) is 4.74 Å². The Bertz CT molecular complexity index is 370. The second kappa shape index (κ2) is 2.52. The quantitative estimate of drug-likeness (QED) is 0.645. The van der Waals surface area contributed by atoms with Crippen LogP contribution in [-0.4, -0.2) is 13.2 Å². The van der Waals surface area contributed by atoms with Gasteiger partial charge in [0.25, 0.3) is 0 Å². The second-order valence-electron chi connectivity index (χ2n) is 3.51. The molecular formula is C11H11NO.